The van der Waals surface area contributed by atoms with E-state index in [2.05, 4.69) is 4.72 Å². The number of sulfonamides is 1. The summed E-state index contributed by atoms with van der Waals surface area (Å²) in [7, 11) is -1.91. The average molecular weight is 371 g/mol. The van der Waals surface area contributed by atoms with Gasteiger partial charge in [0.1, 0.15) is 5.75 Å². The van der Waals surface area contributed by atoms with Crippen molar-refractivity contribution in [2.24, 2.45) is 0 Å². The number of methoxy groups -OCH3 is 1. The molecule has 0 atom stereocenters. The van der Waals surface area contributed by atoms with Crippen molar-refractivity contribution >= 4 is 16.0 Å². The van der Waals surface area contributed by atoms with Gasteiger partial charge < -0.3 is 9.84 Å². The highest BCUT2D eigenvalue weighted by Gasteiger charge is 2.12. The Morgan fingerprint density at radius 3 is 2.00 bits per heavy atom. The Labute approximate surface area is 150 Å². The third-order valence-electron chi connectivity index (χ3n) is 3.98. The van der Waals surface area contributed by atoms with Crippen molar-refractivity contribution in [3.63, 3.8) is 0 Å². The van der Waals surface area contributed by atoms with E-state index in [1.807, 2.05) is 0 Å². The zero-order valence-electron chi connectivity index (χ0n) is 14.9. The van der Waals surface area contributed by atoms with E-state index in [1.54, 1.807) is 12.1 Å². The number of aliphatic carboxylic acids is 1. The van der Waals surface area contributed by atoms with Gasteiger partial charge in [-0.3, -0.25) is 4.79 Å². The molecule has 0 aromatic heterocycles. The van der Waals surface area contributed by atoms with Crippen molar-refractivity contribution in [3.8, 4) is 5.75 Å². The first-order chi connectivity index (χ1) is 12.0. The van der Waals surface area contributed by atoms with Crippen LogP contribution in [0.4, 0.5) is 0 Å². The molecule has 0 fully saturated rings. The Kier molecular flexibility index (Phi) is 10.2. The lowest BCUT2D eigenvalue weighted by atomic mass is 10.1. The number of carboxylic acid groups (broad SMARTS) is 1. The fraction of sp³-hybridized carbons (Fsp3) is 0.611. The highest BCUT2D eigenvalue weighted by atomic mass is 32.2. The van der Waals surface area contributed by atoms with Crippen LogP contribution in [-0.4, -0.2) is 33.1 Å². The molecule has 0 aliphatic heterocycles. The molecule has 1 aromatic rings. The van der Waals surface area contributed by atoms with Crippen LogP contribution >= 0.6 is 0 Å². The summed E-state index contributed by atoms with van der Waals surface area (Å²) >= 11 is 0. The van der Waals surface area contributed by atoms with E-state index >= 15 is 0 Å². The molecule has 0 aliphatic carbocycles. The number of rotatable bonds is 14. The number of nitrogens with one attached hydrogen (secondary N) is 1. The van der Waals surface area contributed by atoms with Crippen molar-refractivity contribution in [1.82, 2.24) is 4.72 Å². The third-order valence-corrected chi connectivity index (χ3v) is 5.46. The second kappa shape index (κ2) is 11.9. The van der Waals surface area contributed by atoms with Gasteiger partial charge in [-0.05, 0) is 37.1 Å². The molecule has 7 heteroatoms. The molecule has 0 heterocycles. The zero-order chi connectivity index (χ0) is 18.5. The summed E-state index contributed by atoms with van der Waals surface area (Å²) in [4.78, 5) is 10.6. The molecule has 1 aromatic carbocycles. The Hall–Kier alpha value is -1.60. The largest absolute Gasteiger partial charge is 0.497 e. The van der Waals surface area contributed by atoms with Crippen LogP contribution < -0.4 is 9.46 Å². The number of benzene rings is 1. The van der Waals surface area contributed by atoms with Crippen molar-refractivity contribution in [1.29, 1.82) is 0 Å². The van der Waals surface area contributed by atoms with Crippen LogP contribution in [-0.2, 0) is 14.8 Å². The molecule has 142 valence electrons. The van der Waals surface area contributed by atoms with Crippen LogP contribution in [0, 0.1) is 0 Å². The topological polar surface area (TPSA) is 92.7 Å². The Bertz CT molecular complexity index is 598. The predicted molar refractivity (Wildman–Crippen MR) is 97.4 cm³/mol. The molecular weight excluding hydrogens is 342 g/mol. The number of ether oxygens (including phenoxy) is 1. The number of carboxylic acids is 1. The van der Waals surface area contributed by atoms with Gasteiger partial charge >= 0.3 is 5.97 Å². The fourth-order valence-corrected chi connectivity index (χ4v) is 3.58. The summed E-state index contributed by atoms with van der Waals surface area (Å²) in [5.74, 6) is -0.0981. The summed E-state index contributed by atoms with van der Waals surface area (Å²) < 4.78 is 31.9. The van der Waals surface area contributed by atoms with Crippen molar-refractivity contribution < 1.29 is 23.1 Å². The molecule has 25 heavy (non-hydrogen) atoms. The SMILES string of the molecule is COc1ccc(S(=O)(=O)NCCCCCCCCCCC(=O)O)cc1. The molecule has 1 rings (SSSR count). The van der Waals surface area contributed by atoms with Crippen molar-refractivity contribution in [2.75, 3.05) is 13.7 Å². The minimum Gasteiger partial charge on any atom is -0.497 e. The molecule has 0 saturated heterocycles. The van der Waals surface area contributed by atoms with Crippen LogP contribution in [0.25, 0.3) is 0 Å². The van der Waals surface area contributed by atoms with Gasteiger partial charge in [-0.15, -0.1) is 0 Å². The normalized spacial score (nSPS) is 11.4. The van der Waals surface area contributed by atoms with Crippen molar-refractivity contribution in [2.45, 2.75) is 62.7 Å². The molecule has 0 aliphatic rings. The first kappa shape index (κ1) is 21.4. The summed E-state index contributed by atoms with van der Waals surface area (Å²) in [6.07, 6.45) is 8.13. The highest BCUT2D eigenvalue weighted by Crippen LogP contribution is 2.15. The first-order valence-corrected chi connectivity index (χ1v) is 10.3. The van der Waals surface area contributed by atoms with Gasteiger partial charge in [0.2, 0.25) is 10.0 Å². The predicted octanol–water partition coefficient (Wildman–Crippen LogP) is 3.57. The number of hydrogen-bond donors (Lipinski definition) is 2. The molecule has 6 nitrogen and oxygen atoms in total. The molecule has 0 unspecified atom stereocenters. The number of unbranched alkanes of at least 4 members (excludes halogenated alkanes) is 7. The third kappa shape index (κ3) is 9.45. The van der Waals surface area contributed by atoms with Gasteiger partial charge in [0.25, 0.3) is 0 Å². The van der Waals surface area contributed by atoms with E-state index in [-0.39, 0.29) is 11.3 Å². The van der Waals surface area contributed by atoms with Gasteiger partial charge in [-0.25, -0.2) is 13.1 Å². The van der Waals surface area contributed by atoms with Crippen LogP contribution in [0.3, 0.4) is 0 Å². The maximum atomic E-state index is 12.1. The van der Waals surface area contributed by atoms with Crippen LogP contribution in [0.5, 0.6) is 5.75 Å². The van der Waals surface area contributed by atoms with E-state index < -0.39 is 16.0 Å². The van der Waals surface area contributed by atoms with E-state index in [0.717, 1.165) is 51.4 Å². The lowest BCUT2D eigenvalue weighted by Gasteiger charge is -2.07. The summed E-state index contributed by atoms with van der Waals surface area (Å²) in [6, 6.07) is 6.33. The van der Waals surface area contributed by atoms with E-state index in [9.17, 15) is 13.2 Å². The summed E-state index contributed by atoms with van der Waals surface area (Å²) in [5, 5.41) is 8.54. The second-order valence-corrected chi connectivity index (χ2v) is 7.81. The Balaban J connectivity index is 2.07. The first-order valence-electron chi connectivity index (χ1n) is 8.81. The van der Waals surface area contributed by atoms with Gasteiger partial charge in [0.15, 0.2) is 0 Å². The monoisotopic (exact) mass is 371 g/mol. The Morgan fingerprint density at radius 1 is 0.960 bits per heavy atom. The molecule has 0 bridgehead atoms. The quantitative estimate of drug-likeness (QED) is 0.488. The zero-order valence-corrected chi connectivity index (χ0v) is 15.7. The van der Waals surface area contributed by atoms with Crippen molar-refractivity contribution in [3.05, 3.63) is 24.3 Å². The summed E-state index contributed by atoms with van der Waals surface area (Å²) in [6.45, 7) is 0.437. The number of hydrogen-bond acceptors (Lipinski definition) is 4. The minimum absolute atomic E-state index is 0.245. The minimum atomic E-state index is -3.45. The summed E-state index contributed by atoms with van der Waals surface area (Å²) in [5.41, 5.74) is 0. The fourth-order valence-electron chi connectivity index (χ4n) is 2.51. The van der Waals surface area contributed by atoms with Gasteiger partial charge in [-0.1, -0.05) is 38.5 Å². The highest BCUT2D eigenvalue weighted by molar-refractivity contribution is 7.89. The Morgan fingerprint density at radius 2 is 1.48 bits per heavy atom. The van der Waals surface area contributed by atoms with Crippen LogP contribution in [0.15, 0.2) is 29.2 Å². The lowest BCUT2D eigenvalue weighted by molar-refractivity contribution is -0.137. The van der Waals surface area contributed by atoms with E-state index in [1.165, 1.54) is 19.2 Å². The average Bonchev–Trinajstić information content (AvgIpc) is 2.59. The van der Waals surface area contributed by atoms with Gasteiger partial charge in [0.05, 0.1) is 12.0 Å². The molecular formula is C18H29NO5S. The standard InChI is InChI=1S/C18H29NO5S/c1-24-16-11-13-17(14-12-16)25(22,23)19-15-9-7-5-3-2-4-6-8-10-18(20)21/h11-14,19H,2-10,15H2,1H3,(H,20,21). The molecule has 0 saturated carbocycles. The molecule has 0 radical (unpaired) electrons. The van der Waals surface area contributed by atoms with Crippen LogP contribution in [0.1, 0.15) is 57.8 Å². The second-order valence-electron chi connectivity index (χ2n) is 6.05. The van der Waals surface area contributed by atoms with E-state index in [4.69, 9.17) is 9.84 Å². The van der Waals surface area contributed by atoms with E-state index in [0.29, 0.717) is 12.3 Å². The smallest absolute Gasteiger partial charge is 0.303 e. The maximum Gasteiger partial charge on any atom is 0.303 e. The van der Waals surface area contributed by atoms with Crippen LogP contribution in [0.2, 0.25) is 0 Å². The molecule has 0 spiro atoms. The van der Waals surface area contributed by atoms with Gasteiger partial charge in [0, 0.05) is 13.0 Å². The number of carbonyl (C=O) groups is 1. The lowest BCUT2D eigenvalue weighted by Crippen LogP contribution is -2.24. The molecule has 2 N–H and O–H groups in total. The maximum absolute atomic E-state index is 12.1. The molecule has 0 amide bonds. The van der Waals surface area contributed by atoms with Gasteiger partial charge in [-0.2, -0.15) is 0 Å².